The third-order valence-electron chi connectivity index (χ3n) is 2.93. The van der Waals surface area contributed by atoms with Gasteiger partial charge in [-0.2, -0.15) is 0 Å². The number of rotatable bonds is 4. The van der Waals surface area contributed by atoms with Gasteiger partial charge in [-0.3, -0.25) is 0 Å². The molecule has 0 amide bonds. The van der Waals surface area contributed by atoms with Crippen molar-refractivity contribution < 1.29 is 0 Å². The van der Waals surface area contributed by atoms with Gasteiger partial charge in [-0.1, -0.05) is 27.7 Å². The van der Waals surface area contributed by atoms with Crippen LogP contribution in [0.2, 0.25) is 0 Å². The van der Waals surface area contributed by atoms with Gasteiger partial charge in [0.05, 0.1) is 0 Å². The van der Waals surface area contributed by atoms with Crippen LogP contribution in [-0.2, 0) is 0 Å². The van der Waals surface area contributed by atoms with Crippen molar-refractivity contribution >= 4 is 0 Å². The summed E-state index contributed by atoms with van der Waals surface area (Å²) in [5.74, 6) is 1.23. The van der Waals surface area contributed by atoms with E-state index in [9.17, 15) is 0 Å². The summed E-state index contributed by atoms with van der Waals surface area (Å²) >= 11 is 0. The first-order valence-electron chi connectivity index (χ1n) is 6.01. The molecule has 0 aliphatic rings. The fraction of sp³-hybridized carbons (Fsp3) is 0.692. The molecule has 0 saturated heterocycles. The second-order valence-electron chi connectivity index (χ2n) is 5.15. The second-order valence-corrected chi connectivity index (χ2v) is 5.15. The summed E-state index contributed by atoms with van der Waals surface area (Å²) in [6, 6.07) is 2.22. The minimum Gasteiger partial charge on any atom is -0.327 e. The molecule has 0 bridgehead atoms. The topological polar surface area (TPSA) is 51.8 Å². The van der Waals surface area contributed by atoms with Crippen LogP contribution in [0.3, 0.4) is 0 Å². The maximum absolute atomic E-state index is 6.04. The van der Waals surface area contributed by atoms with Crippen LogP contribution >= 0.6 is 0 Å². The van der Waals surface area contributed by atoms with Crippen molar-refractivity contribution in [3.05, 3.63) is 23.8 Å². The summed E-state index contributed by atoms with van der Waals surface area (Å²) in [6.07, 6.45) is 1.66. The zero-order chi connectivity index (χ0) is 12.3. The molecule has 0 aliphatic carbocycles. The number of hydrogen-bond acceptors (Lipinski definition) is 3. The van der Waals surface area contributed by atoms with Gasteiger partial charge in [0.1, 0.15) is 6.33 Å². The maximum atomic E-state index is 6.04. The Balaban J connectivity index is 3.05. The van der Waals surface area contributed by atoms with Crippen molar-refractivity contribution in [3.8, 4) is 0 Å². The highest BCUT2D eigenvalue weighted by atomic mass is 14.9. The molecule has 2 atom stereocenters. The minimum absolute atomic E-state index is 0.120. The van der Waals surface area contributed by atoms with Crippen LogP contribution in [0, 0.1) is 5.92 Å². The van der Waals surface area contributed by atoms with Crippen LogP contribution in [0.15, 0.2) is 12.4 Å². The molecule has 3 nitrogen and oxygen atoms in total. The second kappa shape index (κ2) is 5.39. The predicted octanol–water partition coefficient (Wildman–Crippen LogP) is 2.69. The van der Waals surface area contributed by atoms with Crippen molar-refractivity contribution in [3.63, 3.8) is 0 Å². The van der Waals surface area contributed by atoms with Crippen molar-refractivity contribution in [2.75, 3.05) is 0 Å². The Hall–Kier alpha value is -0.960. The van der Waals surface area contributed by atoms with E-state index >= 15 is 0 Å². The summed E-state index contributed by atoms with van der Waals surface area (Å²) in [5.41, 5.74) is 8.20. The van der Waals surface area contributed by atoms with Crippen LogP contribution in [0.25, 0.3) is 0 Å². The first-order valence-corrected chi connectivity index (χ1v) is 6.01. The Kier molecular flexibility index (Phi) is 4.42. The van der Waals surface area contributed by atoms with Gasteiger partial charge in [-0.05, 0) is 24.8 Å². The van der Waals surface area contributed by atoms with Crippen LogP contribution < -0.4 is 5.73 Å². The molecule has 1 aromatic rings. The fourth-order valence-electron chi connectivity index (χ4n) is 2.10. The summed E-state index contributed by atoms with van der Waals surface area (Å²) in [7, 11) is 0. The molecule has 0 fully saturated rings. The Morgan fingerprint density at radius 3 is 2.00 bits per heavy atom. The van der Waals surface area contributed by atoms with Crippen molar-refractivity contribution in [1.82, 2.24) is 9.97 Å². The molecular formula is C13H23N3. The predicted molar refractivity (Wildman–Crippen MR) is 67.3 cm³/mol. The molecule has 0 radical (unpaired) electrons. The largest absolute Gasteiger partial charge is 0.327 e. The van der Waals surface area contributed by atoms with E-state index in [1.807, 2.05) is 6.92 Å². The molecule has 0 spiro atoms. The lowest BCUT2D eigenvalue weighted by Crippen LogP contribution is -2.29. The van der Waals surface area contributed by atoms with E-state index in [0.717, 1.165) is 11.4 Å². The lowest BCUT2D eigenvalue weighted by Gasteiger charge is -2.24. The molecule has 1 rings (SSSR count). The van der Waals surface area contributed by atoms with E-state index in [1.165, 1.54) is 0 Å². The van der Waals surface area contributed by atoms with Gasteiger partial charge < -0.3 is 5.73 Å². The van der Waals surface area contributed by atoms with Crippen LogP contribution in [0.4, 0.5) is 0 Å². The van der Waals surface area contributed by atoms with Crippen molar-refractivity contribution in [2.24, 2.45) is 11.7 Å². The average molecular weight is 221 g/mol. The van der Waals surface area contributed by atoms with E-state index in [1.54, 1.807) is 6.33 Å². The molecule has 0 saturated carbocycles. The molecule has 2 unspecified atom stereocenters. The molecular weight excluding hydrogens is 198 g/mol. The Morgan fingerprint density at radius 2 is 1.56 bits per heavy atom. The number of aromatic nitrogens is 2. The van der Waals surface area contributed by atoms with Crippen LogP contribution in [-0.4, -0.2) is 16.0 Å². The van der Waals surface area contributed by atoms with Crippen LogP contribution in [0.5, 0.6) is 0 Å². The van der Waals surface area contributed by atoms with Gasteiger partial charge in [-0.15, -0.1) is 0 Å². The van der Waals surface area contributed by atoms with Gasteiger partial charge in [0.2, 0.25) is 0 Å². The minimum atomic E-state index is 0.120. The molecule has 16 heavy (non-hydrogen) atoms. The van der Waals surface area contributed by atoms with Crippen molar-refractivity contribution in [2.45, 2.75) is 52.5 Å². The molecule has 1 heterocycles. The standard InChI is InChI=1S/C13H23N3/c1-8(2)11-6-12(16-7-15-11)13(9(3)4)10(5)14/h6-10,13H,14H2,1-5H3. The van der Waals surface area contributed by atoms with E-state index in [4.69, 9.17) is 5.73 Å². The number of nitrogens with two attached hydrogens (primary N) is 1. The Morgan fingerprint density at radius 1 is 1.00 bits per heavy atom. The highest BCUT2D eigenvalue weighted by molar-refractivity contribution is 5.17. The van der Waals surface area contributed by atoms with Gasteiger partial charge in [-0.25, -0.2) is 9.97 Å². The quantitative estimate of drug-likeness (QED) is 0.850. The summed E-state index contributed by atoms with van der Waals surface area (Å²) in [6.45, 7) is 10.7. The van der Waals surface area contributed by atoms with Gasteiger partial charge in [0.15, 0.2) is 0 Å². The normalized spacial score (nSPS) is 15.5. The van der Waals surface area contributed by atoms with Crippen LogP contribution in [0.1, 0.15) is 57.8 Å². The lowest BCUT2D eigenvalue weighted by molar-refractivity contribution is 0.425. The third kappa shape index (κ3) is 3.01. The zero-order valence-corrected chi connectivity index (χ0v) is 10.9. The summed E-state index contributed by atoms with van der Waals surface area (Å²) < 4.78 is 0. The van der Waals surface area contributed by atoms with Gasteiger partial charge in [0.25, 0.3) is 0 Å². The summed E-state index contributed by atoms with van der Waals surface area (Å²) in [4.78, 5) is 8.66. The molecule has 0 aromatic carbocycles. The number of nitrogens with zero attached hydrogens (tertiary/aromatic N) is 2. The summed E-state index contributed by atoms with van der Waals surface area (Å²) in [5, 5.41) is 0. The van der Waals surface area contributed by atoms with Crippen molar-refractivity contribution in [1.29, 1.82) is 0 Å². The maximum Gasteiger partial charge on any atom is 0.115 e. The smallest absolute Gasteiger partial charge is 0.115 e. The first kappa shape index (κ1) is 13.1. The van der Waals surface area contributed by atoms with E-state index in [-0.39, 0.29) is 6.04 Å². The highest BCUT2D eigenvalue weighted by Crippen LogP contribution is 2.26. The van der Waals surface area contributed by atoms with E-state index in [2.05, 4.69) is 43.7 Å². The average Bonchev–Trinajstić information content (AvgIpc) is 2.16. The van der Waals surface area contributed by atoms with E-state index in [0.29, 0.717) is 17.8 Å². The van der Waals surface area contributed by atoms with E-state index < -0.39 is 0 Å². The van der Waals surface area contributed by atoms with Gasteiger partial charge >= 0.3 is 0 Å². The molecule has 90 valence electrons. The molecule has 2 N–H and O–H groups in total. The molecule has 0 aliphatic heterocycles. The molecule has 1 aromatic heterocycles. The fourth-order valence-corrected chi connectivity index (χ4v) is 2.10. The third-order valence-corrected chi connectivity index (χ3v) is 2.93. The number of hydrogen-bond donors (Lipinski definition) is 1. The zero-order valence-electron chi connectivity index (χ0n) is 10.9. The Bertz CT molecular complexity index is 324. The SMILES string of the molecule is CC(C)c1cc(C(C(C)C)C(C)N)ncn1. The first-order chi connectivity index (χ1) is 7.43. The monoisotopic (exact) mass is 221 g/mol. The lowest BCUT2D eigenvalue weighted by atomic mass is 9.86. The molecule has 3 heteroatoms. The highest BCUT2D eigenvalue weighted by Gasteiger charge is 2.22. The Labute approximate surface area is 98.5 Å². The van der Waals surface area contributed by atoms with Gasteiger partial charge in [0, 0.05) is 23.3 Å².